The van der Waals surface area contributed by atoms with Crippen LogP contribution in [0.4, 0.5) is 0 Å². The van der Waals surface area contributed by atoms with Crippen molar-refractivity contribution < 1.29 is 8.42 Å². The van der Waals surface area contributed by atoms with Gasteiger partial charge >= 0.3 is 0 Å². The zero-order valence-corrected chi connectivity index (χ0v) is 12.6. The molecule has 1 aliphatic rings. The van der Waals surface area contributed by atoms with Gasteiger partial charge in [-0.25, -0.2) is 12.7 Å². The molecule has 18 heavy (non-hydrogen) atoms. The summed E-state index contributed by atoms with van der Waals surface area (Å²) in [5.74, 6) is 0. The summed E-state index contributed by atoms with van der Waals surface area (Å²) in [7, 11) is -3.08. The smallest absolute Gasteiger partial charge is 0.217 e. The first-order chi connectivity index (χ1) is 8.62. The van der Waals surface area contributed by atoms with E-state index in [1.54, 1.807) is 4.31 Å². The van der Waals surface area contributed by atoms with E-state index in [-0.39, 0.29) is 5.25 Å². The van der Waals surface area contributed by atoms with Gasteiger partial charge in [-0.1, -0.05) is 26.7 Å². The van der Waals surface area contributed by atoms with Gasteiger partial charge in [0.2, 0.25) is 10.0 Å². The van der Waals surface area contributed by atoms with Crippen molar-refractivity contribution >= 4 is 10.0 Å². The van der Waals surface area contributed by atoms with E-state index < -0.39 is 10.0 Å². The average molecular weight is 276 g/mol. The van der Waals surface area contributed by atoms with Crippen LogP contribution in [-0.2, 0) is 10.0 Å². The van der Waals surface area contributed by atoms with Crippen LogP contribution in [0.25, 0.3) is 0 Å². The molecule has 0 aromatic heterocycles. The summed E-state index contributed by atoms with van der Waals surface area (Å²) in [5, 5.41) is 3.07. The van der Waals surface area contributed by atoms with Gasteiger partial charge in [-0.2, -0.15) is 0 Å². The standard InChI is InChI=1S/C13H28N2O2S/c1-3-5-11-15(12-6-4-2)18(16,17)13-7-9-14-10-8-13/h13-14H,3-12H2,1-2H3. The highest BCUT2D eigenvalue weighted by Crippen LogP contribution is 2.19. The van der Waals surface area contributed by atoms with Gasteiger partial charge in [0, 0.05) is 13.1 Å². The lowest BCUT2D eigenvalue weighted by Gasteiger charge is -2.30. The molecule has 0 aliphatic carbocycles. The van der Waals surface area contributed by atoms with Crippen molar-refractivity contribution in [1.82, 2.24) is 9.62 Å². The SMILES string of the molecule is CCCCN(CCCC)S(=O)(=O)C1CCNCC1. The van der Waals surface area contributed by atoms with Crippen LogP contribution in [0.15, 0.2) is 0 Å². The molecule has 0 atom stereocenters. The molecule has 1 fully saturated rings. The molecule has 1 heterocycles. The van der Waals surface area contributed by atoms with Crippen LogP contribution < -0.4 is 5.32 Å². The summed E-state index contributed by atoms with van der Waals surface area (Å²) in [5.41, 5.74) is 0. The van der Waals surface area contributed by atoms with Crippen LogP contribution in [0, 0.1) is 0 Å². The van der Waals surface area contributed by atoms with Gasteiger partial charge in [-0.05, 0) is 38.8 Å². The monoisotopic (exact) mass is 276 g/mol. The Bertz CT molecular complexity index is 303. The summed E-state index contributed by atoms with van der Waals surface area (Å²) in [4.78, 5) is 0. The molecule has 0 aromatic carbocycles. The number of unbranched alkanes of at least 4 members (excludes halogenated alkanes) is 2. The average Bonchev–Trinajstić information content (AvgIpc) is 2.39. The molecule has 0 bridgehead atoms. The Labute approximate surface area is 112 Å². The number of hydrogen-bond donors (Lipinski definition) is 1. The molecule has 4 nitrogen and oxygen atoms in total. The summed E-state index contributed by atoms with van der Waals surface area (Å²) >= 11 is 0. The molecule has 0 aromatic rings. The summed E-state index contributed by atoms with van der Waals surface area (Å²) in [6, 6.07) is 0. The first-order valence-electron chi connectivity index (χ1n) is 7.32. The van der Waals surface area contributed by atoms with Crippen molar-refractivity contribution in [3.63, 3.8) is 0 Å². The minimum absolute atomic E-state index is 0.160. The van der Waals surface area contributed by atoms with Crippen molar-refractivity contribution in [2.75, 3.05) is 26.2 Å². The van der Waals surface area contributed by atoms with Gasteiger partial charge in [-0.3, -0.25) is 0 Å². The maximum absolute atomic E-state index is 12.6. The Morgan fingerprint density at radius 2 is 1.56 bits per heavy atom. The first kappa shape index (κ1) is 15.9. The number of piperidine rings is 1. The van der Waals surface area contributed by atoms with E-state index in [1.165, 1.54) is 0 Å². The van der Waals surface area contributed by atoms with Crippen molar-refractivity contribution in [1.29, 1.82) is 0 Å². The van der Waals surface area contributed by atoms with E-state index in [0.29, 0.717) is 13.1 Å². The van der Waals surface area contributed by atoms with Crippen molar-refractivity contribution in [3.8, 4) is 0 Å². The highest BCUT2D eigenvalue weighted by atomic mass is 32.2. The molecule has 1 rings (SSSR count). The van der Waals surface area contributed by atoms with Crippen LogP contribution in [0.2, 0.25) is 0 Å². The number of nitrogens with zero attached hydrogens (tertiary/aromatic N) is 1. The Balaban J connectivity index is 2.66. The number of sulfonamides is 1. The molecular formula is C13H28N2O2S. The normalized spacial score (nSPS) is 18.4. The predicted octanol–water partition coefficient (Wildman–Crippen LogP) is 1.97. The Morgan fingerprint density at radius 3 is 2.00 bits per heavy atom. The van der Waals surface area contributed by atoms with Crippen LogP contribution in [0.5, 0.6) is 0 Å². The lowest BCUT2D eigenvalue weighted by Crippen LogP contribution is -2.44. The molecule has 1 saturated heterocycles. The van der Waals surface area contributed by atoms with Crippen molar-refractivity contribution in [2.24, 2.45) is 0 Å². The number of rotatable bonds is 8. The van der Waals surface area contributed by atoms with Gasteiger partial charge in [-0.15, -0.1) is 0 Å². The highest BCUT2D eigenvalue weighted by Gasteiger charge is 2.32. The van der Waals surface area contributed by atoms with Crippen LogP contribution in [0.3, 0.4) is 0 Å². The fourth-order valence-electron chi connectivity index (χ4n) is 2.34. The van der Waals surface area contributed by atoms with Gasteiger partial charge in [0.15, 0.2) is 0 Å². The first-order valence-corrected chi connectivity index (χ1v) is 8.83. The van der Waals surface area contributed by atoms with E-state index >= 15 is 0 Å². The largest absolute Gasteiger partial charge is 0.317 e. The molecule has 1 aliphatic heterocycles. The van der Waals surface area contributed by atoms with Crippen molar-refractivity contribution in [3.05, 3.63) is 0 Å². The molecular weight excluding hydrogens is 248 g/mol. The zero-order chi connectivity index (χ0) is 13.4. The fraction of sp³-hybridized carbons (Fsp3) is 1.00. The maximum atomic E-state index is 12.6. The third-order valence-electron chi connectivity index (χ3n) is 3.59. The van der Waals surface area contributed by atoms with Crippen LogP contribution in [0.1, 0.15) is 52.4 Å². The molecule has 108 valence electrons. The van der Waals surface area contributed by atoms with Crippen molar-refractivity contribution in [2.45, 2.75) is 57.6 Å². The van der Waals surface area contributed by atoms with E-state index in [0.717, 1.165) is 51.6 Å². The molecule has 0 amide bonds. The predicted molar refractivity (Wildman–Crippen MR) is 76.2 cm³/mol. The quantitative estimate of drug-likeness (QED) is 0.737. The molecule has 0 radical (unpaired) electrons. The van der Waals surface area contributed by atoms with Gasteiger partial charge < -0.3 is 5.32 Å². The summed E-state index contributed by atoms with van der Waals surface area (Å²) < 4.78 is 26.9. The van der Waals surface area contributed by atoms with E-state index in [2.05, 4.69) is 19.2 Å². The summed E-state index contributed by atoms with van der Waals surface area (Å²) in [6.07, 6.45) is 5.55. The molecule has 1 N–H and O–H groups in total. The Kier molecular flexibility index (Phi) is 7.19. The molecule has 0 saturated carbocycles. The fourth-order valence-corrected chi connectivity index (χ4v) is 4.36. The third-order valence-corrected chi connectivity index (χ3v) is 5.99. The maximum Gasteiger partial charge on any atom is 0.217 e. The van der Waals surface area contributed by atoms with Crippen LogP contribution >= 0.6 is 0 Å². The Hall–Kier alpha value is -0.130. The minimum Gasteiger partial charge on any atom is -0.317 e. The highest BCUT2D eigenvalue weighted by molar-refractivity contribution is 7.89. The molecule has 5 heteroatoms. The summed E-state index contributed by atoms with van der Waals surface area (Å²) in [6.45, 7) is 7.27. The van der Waals surface area contributed by atoms with Gasteiger partial charge in [0.05, 0.1) is 5.25 Å². The second-order valence-electron chi connectivity index (χ2n) is 5.10. The Morgan fingerprint density at radius 1 is 1.06 bits per heavy atom. The number of hydrogen-bond acceptors (Lipinski definition) is 3. The van der Waals surface area contributed by atoms with E-state index in [9.17, 15) is 8.42 Å². The lowest BCUT2D eigenvalue weighted by atomic mass is 10.2. The topological polar surface area (TPSA) is 49.4 Å². The molecule has 0 spiro atoms. The second kappa shape index (κ2) is 8.12. The van der Waals surface area contributed by atoms with E-state index in [1.807, 2.05) is 0 Å². The second-order valence-corrected chi connectivity index (χ2v) is 7.31. The molecule has 0 unspecified atom stereocenters. The zero-order valence-electron chi connectivity index (χ0n) is 11.8. The minimum atomic E-state index is -3.08. The lowest BCUT2D eigenvalue weighted by molar-refractivity contribution is 0.377. The van der Waals surface area contributed by atoms with E-state index in [4.69, 9.17) is 0 Å². The number of nitrogens with one attached hydrogen (secondary N) is 1. The van der Waals surface area contributed by atoms with Gasteiger partial charge in [0.1, 0.15) is 0 Å². The van der Waals surface area contributed by atoms with Gasteiger partial charge in [0.25, 0.3) is 0 Å². The third kappa shape index (κ3) is 4.52. The van der Waals surface area contributed by atoms with Crippen LogP contribution in [-0.4, -0.2) is 44.2 Å².